The highest BCUT2D eigenvalue weighted by Gasteiger charge is 2.05. The molecule has 5 heteroatoms. The quantitative estimate of drug-likeness (QED) is 0.301. The maximum atomic E-state index is 11.7. The highest BCUT2D eigenvalue weighted by molar-refractivity contribution is 5.84. The van der Waals surface area contributed by atoms with Crippen molar-refractivity contribution < 1.29 is 4.79 Å². The van der Waals surface area contributed by atoms with Crippen LogP contribution in [0.4, 0.5) is 0 Å². The van der Waals surface area contributed by atoms with Gasteiger partial charge in [0.25, 0.3) is 0 Å². The molecule has 0 fully saturated rings. The van der Waals surface area contributed by atoms with Gasteiger partial charge in [-0.2, -0.15) is 0 Å². The zero-order valence-electron chi connectivity index (χ0n) is 16.4. The van der Waals surface area contributed by atoms with Crippen LogP contribution < -0.4 is 16.2 Å². The van der Waals surface area contributed by atoms with Gasteiger partial charge in [-0.3, -0.25) is 20.6 Å². The average molecular weight is 353 g/mol. The van der Waals surface area contributed by atoms with E-state index in [0.29, 0.717) is 12.4 Å². The Bertz CT molecular complexity index is 358. The number of nitrogens with one attached hydrogen (secondary N) is 3. The van der Waals surface area contributed by atoms with Gasteiger partial charge < -0.3 is 5.32 Å². The number of carbonyl (C=O) groups is 1. The summed E-state index contributed by atoms with van der Waals surface area (Å²) in [5.41, 5.74) is 5.51. The molecule has 0 aromatic rings. The second kappa shape index (κ2) is 16.2. The molecule has 146 valence electrons. The van der Waals surface area contributed by atoms with Crippen LogP contribution in [0, 0.1) is 0 Å². The fourth-order valence-corrected chi connectivity index (χ4v) is 3.15. The summed E-state index contributed by atoms with van der Waals surface area (Å²) < 4.78 is 0. The lowest BCUT2D eigenvalue weighted by atomic mass is 10.0. The Balaban J connectivity index is 1.73. The van der Waals surface area contributed by atoms with Gasteiger partial charge in [-0.25, -0.2) is 0 Å². The molecular formula is C20H40N4O. The standard InChI is InChI=1S/C20H40N4O/c1-2-3-4-5-6-7-8-9-10-11-12-13-14-15-16-19(25)23-24-20-21-17-18-22-20/h2-18H2,1H3,(H,23,25)(H2,21,22,24). The predicted molar refractivity (Wildman–Crippen MR) is 107 cm³/mol. The van der Waals surface area contributed by atoms with Crippen molar-refractivity contribution in [3.05, 3.63) is 0 Å². The minimum absolute atomic E-state index is 0.0512. The molecule has 1 aliphatic heterocycles. The fourth-order valence-electron chi connectivity index (χ4n) is 3.15. The van der Waals surface area contributed by atoms with Crippen LogP contribution in [0.3, 0.4) is 0 Å². The fraction of sp³-hybridized carbons (Fsp3) is 0.900. The molecule has 0 aromatic carbocycles. The number of carbonyl (C=O) groups excluding carboxylic acids is 1. The van der Waals surface area contributed by atoms with Gasteiger partial charge in [-0.15, -0.1) is 0 Å². The lowest BCUT2D eigenvalue weighted by Gasteiger charge is -2.08. The summed E-state index contributed by atoms with van der Waals surface area (Å²) in [4.78, 5) is 15.8. The number of amides is 1. The second-order valence-electron chi connectivity index (χ2n) is 7.18. The van der Waals surface area contributed by atoms with Crippen molar-refractivity contribution in [1.29, 1.82) is 0 Å². The first-order chi connectivity index (χ1) is 12.3. The molecule has 0 aromatic heterocycles. The van der Waals surface area contributed by atoms with Gasteiger partial charge in [-0.1, -0.05) is 90.4 Å². The van der Waals surface area contributed by atoms with E-state index in [0.717, 1.165) is 25.9 Å². The van der Waals surface area contributed by atoms with Gasteiger partial charge >= 0.3 is 0 Å². The molecule has 0 unspecified atom stereocenters. The summed E-state index contributed by atoms with van der Waals surface area (Å²) in [6, 6.07) is 0. The van der Waals surface area contributed by atoms with E-state index in [1.807, 2.05) is 0 Å². The zero-order chi connectivity index (χ0) is 18.0. The number of nitrogens with zero attached hydrogens (tertiary/aromatic N) is 1. The van der Waals surface area contributed by atoms with Crippen molar-refractivity contribution in [2.75, 3.05) is 13.1 Å². The van der Waals surface area contributed by atoms with Gasteiger partial charge in [0.05, 0.1) is 6.54 Å². The Morgan fingerprint density at radius 2 is 1.40 bits per heavy atom. The smallest absolute Gasteiger partial charge is 0.238 e. The summed E-state index contributed by atoms with van der Waals surface area (Å²) in [5.74, 6) is 0.727. The number of hydrogen-bond donors (Lipinski definition) is 3. The number of hydrazine groups is 1. The Morgan fingerprint density at radius 3 is 1.88 bits per heavy atom. The number of hydrogen-bond acceptors (Lipinski definition) is 4. The Labute approximate surface area is 154 Å². The van der Waals surface area contributed by atoms with Crippen molar-refractivity contribution in [3.8, 4) is 0 Å². The van der Waals surface area contributed by atoms with Crippen molar-refractivity contribution in [2.45, 2.75) is 103 Å². The molecule has 3 N–H and O–H groups in total. The Kier molecular flexibility index (Phi) is 14.1. The summed E-state index contributed by atoms with van der Waals surface area (Å²) >= 11 is 0. The molecule has 0 saturated carbocycles. The topological polar surface area (TPSA) is 65.5 Å². The SMILES string of the molecule is CCCCCCCCCCCCCCCCC(=O)NNC1=NCCN1. The first kappa shape index (κ1) is 21.8. The number of aliphatic imine (C=N–C) groups is 1. The van der Waals surface area contributed by atoms with E-state index in [9.17, 15) is 4.79 Å². The van der Waals surface area contributed by atoms with E-state index in [1.165, 1.54) is 77.0 Å². The predicted octanol–water partition coefficient (Wildman–Crippen LogP) is 4.44. The van der Waals surface area contributed by atoms with Crippen molar-refractivity contribution >= 4 is 11.9 Å². The average Bonchev–Trinajstić information content (AvgIpc) is 3.14. The highest BCUT2D eigenvalue weighted by Crippen LogP contribution is 2.13. The lowest BCUT2D eigenvalue weighted by molar-refractivity contribution is -0.121. The molecule has 1 aliphatic rings. The first-order valence-corrected chi connectivity index (χ1v) is 10.7. The monoisotopic (exact) mass is 352 g/mol. The van der Waals surface area contributed by atoms with Crippen LogP contribution in [-0.2, 0) is 4.79 Å². The molecule has 0 bridgehead atoms. The van der Waals surface area contributed by atoms with Crippen LogP contribution in [0.15, 0.2) is 4.99 Å². The molecular weight excluding hydrogens is 312 g/mol. The molecule has 0 atom stereocenters. The van der Waals surface area contributed by atoms with E-state index in [4.69, 9.17) is 0 Å². The number of rotatable bonds is 15. The molecule has 0 saturated heterocycles. The van der Waals surface area contributed by atoms with E-state index in [-0.39, 0.29) is 5.91 Å². The van der Waals surface area contributed by atoms with Gasteiger partial charge in [0.15, 0.2) is 0 Å². The van der Waals surface area contributed by atoms with Crippen LogP contribution in [0.1, 0.15) is 103 Å². The van der Waals surface area contributed by atoms with E-state index in [2.05, 4.69) is 28.1 Å². The third-order valence-electron chi connectivity index (χ3n) is 4.75. The Hall–Kier alpha value is -1.26. The molecule has 5 nitrogen and oxygen atoms in total. The third kappa shape index (κ3) is 13.7. The van der Waals surface area contributed by atoms with Crippen molar-refractivity contribution in [1.82, 2.24) is 16.2 Å². The number of guanidine groups is 1. The molecule has 0 aliphatic carbocycles. The zero-order valence-corrected chi connectivity index (χ0v) is 16.4. The summed E-state index contributed by atoms with van der Waals surface area (Å²) in [5, 5.41) is 3.06. The van der Waals surface area contributed by atoms with Crippen molar-refractivity contribution in [2.24, 2.45) is 4.99 Å². The minimum atomic E-state index is 0.0512. The van der Waals surface area contributed by atoms with Crippen molar-refractivity contribution in [3.63, 3.8) is 0 Å². The largest absolute Gasteiger partial charge is 0.353 e. The normalized spacial score (nSPS) is 13.4. The first-order valence-electron chi connectivity index (χ1n) is 10.7. The third-order valence-corrected chi connectivity index (χ3v) is 4.75. The highest BCUT2D eigenvalue weighted by atomic mass is 16.2. The van der Waals surface area contributed by atoms with Crippen LogP contribution in [0.2, 0.25) is 0 Å². The van der Waals surface area contributed by atoms with Gasteiger partial charge in [0, 0.05) is 13.0 Å². The van der Waals surface area contributed by atoms with E-state index < -0.39 is 0 Å². The van der Waals surface area contributed by atoms with E-state index >= 15 is 0 Å². The molecule has 25 heavy (non-hydrogen) atoms. The molecule has 1 amide bonds. The summed E-state index contributed by atoms with van der Waals surface area (Å²) in [6.07, 6.45) is 19.3. The van der Waals surface area contributed by atoms with Crippen LogP contribution in [-0.4, -0.2) is 25.0 Å². The lowest BCUT2D eigenvalue weighted by Crippen LogP contribution is -2.46. The maximum absolute atomic E-state index is 11.7. The van der Waals surface area contributed by atoms with Crippen LogP contribution in [0.5, 0.6) is 0 Å². The van der Waals surface area contributed by atoms with Gasteiger partial charge in [-0.05, 0) is 6.42 Å². The summed E-state index contributed by atoms with van der Waals surface area (Å²) in [7, 11) is 0. The second-order valence-corrected chi connectivity index (χ2v) is 7.18. The van der Waals surface area contributed by atoms with E-state index in [1.54, 1.807) is 0 Å². The Morgan fingerprint density at radius 1 is 0.880 bits per heavy atom. The molecule has 1 heterocycles. The number of unbranched alkanes of at least 4 members (excludes halogenated alkanes) is 13. The van der Waals surface area contributed by atoms with Crippen LogP contribution >= 0.6 is 0 Å². The molecule has 0 spiro atoms. The summed E-state index contributed by atoms with van der Waals surface area (Å²) in [6.45, 7) is 3.89. The minimum Gasteiger partial charge on any atom is -0.353 e. The maximum Gasteiger partial charge on any atom is 0.238 e. The van der Waals surface area contributed by atoms with Gasteiger partial charge in [0.2, 0.25) is 11.9 Å². The molecule has 1 rings (SSSR count). The molecule has 0 radical (unpaired) electrons. The van der Waals surface area contributed by atoms with Crippen LogP contribution in [0.25, 0.3) is 0 Å². The van der Waals surface area contributed by atoms with Gasteiger partial charge in [0.1, 0.15) is 0 Å².